The number of benzene rings is 2. The van der Waals surface area contributed by atoms with Gasteiger partial charge in [0.2, 0.25) is 0 Å². The molecule has 2 aromatic carbocycles. The molecule has 0 bridgehead atoms. The lowest BCUT2D eigenvalue weighted by Gasteiger charge is -2.35. The Balaban J connectivity index is 1.34. The molecule has 1 aliphatic rings. The number of fused-ring (bicyclic) bond motifs is 1. The van der Waals surface area contributed by atoms with Crippen molar-refractivity contribution in [2.75, 3.05) is 44.7 Å². The maximum absolute atomic E-state index is 5.31. The van der Waals surface area contributed by atoms with E-state index in [-0.39, 0.29) is 0 Å². The Morgan fingerprint density at radius 1 is 0.941 bits per heavy atom. The Hall–Kier alpha value is -3.64. The van der Waals surface area contributed by atoms with Crippen molar-refractivity contribution in [3.63, 3.8) is 0 Å². The van der Waals surface area contributed by atoms with Gasteiger partial charge in [0.05, 0.1) is 12.8 Å². The highest BCUT2D eigenvalue weighted by atomic mass is 16.5. The number of aryl methyl sites for hydroxylation is 2. The standard InChI is InChI=1S/C28H31N5O/c1-21-20-26(32-18-16-31(17-19-32)15-7-10-23-8-5-4-6-9-23)33-28(29-21)22(2)27(30-33)24-11-13-25(34-3)14-12-24/h4-14,20H,15-19H2,1-3H3. The first-order chi connectivity index (χ1) is 16.6. The van der Waals surface area contributed by atoms with Crippen LogP contribution in [0.4, 0.5) is 5.82 Å². The van der Waals surface area contributed by atoms with Crippen LogP contribution < -0.4 is 9.64 Å². The molecule has 174 valence electrons. The highest BCUT2D eigenvalue weighted by Crippen LogP contribution is 2.29. The Morgan fingerprint density at radius 3 is 2.38 bits per heavy atom. The van der Waals surface area contributed by atoms with Crippen LogP contribution in [0.1, 0.15) is 16.8 Å². The number of hydrogen-bond acceptors (Lipinski definition) is 5. The lowest BCUT2D eigenvalue weighted by Crippen LogP contribution is -2.47. The van der Waals surface area contributed by atoms with Crippen LogP contribution in [0.15, 0.2) is 66.7 Å². The van der Waals surface area contributed by atoms with Crippen LogP contribution in [-0.2, 0) is 0 Å². The zero-order valence-electron chi connectivity index (χ0n) is 20.1. The van der Waals surface area contributed by atoms with Crippen LogP contribution in [0.5, 0.6) is 5.75 Å². The van der Waals surface area contributed by atoms with Gasteiger partial charge in [0.1, 0.15) is 11.6 Å². The predicted molar refractivity (Wildman–Crippen MR) is 139 cm³/mol. The molecule has 1 saturated heterocycles. The quantitative estimate of drug-likeness (QED) is 0.417. The topological polar surface area (TPSA) is 45.9 Å². The summed E-state index contributed by atoms with van der Waals surface area (Å²) in [5, 5.41) is 5.00. The average Bonchev–Trinajstić information content (AvgIpc) is 3.21. The first kappa shape index (κ1) is 22.2. The number of rotatable bonds is 6. The van der Waals surface area contributed by atoms with E-state index in [4.69, 9.17) is 14.8 Å². The van der Waals surface area contributed by atoms with Crippen molar-refractivity contribution < 1.29 is 4.74 Å². The van der Waals surface area contributed by atoms with Gasteiger partial charge in [0.15, 0.2) is 5.65 Å². The SMILES string of the molecule is COc1ccc(-c2nn3c(N4CCN(CC=Cc5ccccc5)CC4)cc(C)nc3c2C)cc1. The summed E-state index contributed by atoms with van der Waals surface area (Å²) in [5.41, 5.74) is 6.32. The summed E-state index contributed by atoms with van der Waals surface area (Å²) in [4.78, 5) is 9.76. The van der Waals surface area contributed by atoms with E-state index in [9.17, 15) is 0 Å². The van der Waals surface area contributed by atoms with Crippen molar-refractivity contribution in [2.24, 2.45) is 0 Å². The minimum Gasteiger partial charge on any atom is -0.497 e. The summed E-state index contributed by atoms with van der Waals surface area (Å²) in [6.07, 6.45) is 4.47. The molecule has 0 radical (unpaired) electrons. The Kier molecular flexibility index (Phi) is 6.32. The van der Waals surface area contributed by atoms with Gasteiger partial charge in [-0.15, -0.1) is 0 Å². The summed E-state index contributed by atoms with van der Waals surface area (Å²) in [7, 11) is 1.68. The first-order valence-electron chi connectivity index (χ1n) is 11.8. The van der Waals surface area contributed by atoms with Crippen molar-refractivity contribution in [2.45, 2.75) is 13.8 Å². The molecule has 1 fully saturated rings. The lowest BCUT2D eigenvalue weighted by atomic mass is 10.1. The third kappa shape index (κ3) is 4.54. The summed E-state index contributed by atoms with van der Waals surface area (Å²) < 4.78 is 7.33. The summed E-state index contributed by atoms with van der Waals surface area (Å²) in [5.74, 6) is 1.96. The largest absolute Gasteiger partial charge is 0.497 e. The minimum atomic E-state index is 0.844. The third-order valence-electron chi connectivity index (χ3n) is 6.46. The smallest absolute Gasteiger partial charge is 0.161 e. The molecular formula is C28H31N5O. The van der Waals surface area contributed by atoms with E-state index < -0.39 is 0 Å². The molecule has 1 aliphatic heterocycles. The fraction of sp³-hybridized carbons (Fsp3) is 0.286. The fourth-order valence-electron chi connectivity index (χ4n) is 4.54. The van der Waals surface area contributed by atoms with Gasteiger partial charge in [0, 0.05) is 55.6 Å². The van der Waals surface area contributed by atoms with E-state index in [0.29, 0.717) is 0 Å². The highest BCUT2D eigenvalue weighted by molar-refractivity contribution is 5.72. The third-order valence-corrected chi connectivity index (χ3v) is 6.46. The lowest BCUT2D eigenvalue weighted by molar-refractivity contribution is 0.283. The van der Waals surface area contributed by atoms with Crippen molar-refractivity contribution in [3.05, 3.63) is 83.6 Å². The van der Waals surface area contributed by atoms with E-state index in [1.807, 2.05) is 16.6 Å². The number of anilines is 1. The van der Waals surface area contributed by atoms with Gasteiger partial charge in [-0.2, -0.15) is 9.61 Å². The monoisotopic (exact) mass is 453 g/mol. The van der Waals surface area contributed by atoms with Crippen molar-refractivity contribution in [3.8, 4) is 17.0 Å². The Bertz CT molecular complexity index is 1290. The molecule has 0 atom stereocenters. The number of hydrogen-bond donors (Lipinski definition) is 0. The molecule has 6 nitrogen and oxygen atoms in total. The van der Waals surface area contributed by atoms with Crippen LogP contribution in [0, 0.1) is 13.8 Å². The number of nitrogens with zero attached hydrogens (tertiary/aromatic N) is 5. The van der Waals surface area contributed by atoms with Crippen LogP contribution in [0.2, 0.25) is 0 Å². The van der Waals surface area contributed by atoms with Gasteiger partial charge < -0.3 is 9.64 Å². The molecule has 5 rings (SSSR count). The molecule has 0 saturated carbocycles. The maximum atomic E-state index is 5.31. The van der Waals surface area contributed by atoms with Gasteiger partial charge >= 0.3 is 0 Å². The van der Waals surface area contributed by atoms with E-state index in [1.165, 1.54) is 5.56 Å². The second-order valence-electron chi connectivity index (χ2n) is 8.79. The van der Waals surface area contributed by atoms with Crippen molar-refractivity contribution in [1.82, 2.24) is 19.5 Å². The zero-order valence-corrected chi connectivity index (χ0v) is 20.1. The van der Waals surface area contributed by atoms with Gasteiger partial charge in [-0.05, 0) is 43.7 Å². The Labute approximate surface area is 201 Å². The molecule has 0 amide bonds. The fourth-order valence-corrected chi connectivity index (χ4v) is 4.54. The van der Waals surface area contributed by atoms with Crippen LogP contribution >= 0.6 is 0 Å². The Morgan fingerprint density at radius 2 is 1.68 bits per heavy atom. The van der Waals surface area contributed by atoms with Gasteiger partial charge in [-0.3, -0.25) is 4.90 Å². The minimum absolute atomic E-state index is 0.844. The van der Waals surface area contributed by atoms with Crippen LogP contribution in [0.3, 0.4) is 0 Å². The number of aromatic nitrogens is 3. The van der Waals surface area contributed by atoms with Gasteiger partial charge in [-0.1, -0.05) is 42.5 Å². The molecule has 6 heteroatoms. The molecular weight excluding hydrogens is 422 g/mol. The van der Waals surface area contributed by atoms with E-state index in [0.717, 1.165) is 72.5 Å². The van der Waals surface area contributed by atoms with Gasteiger partial charge in [-0.25, -0.2) is 4.98 Å². The molecule has 2 aromatic heterocycles. The molecule has 34 heavy (non-hydrogen) atoms. The van der Waals surface area contributed by atoms with Crippen molar-refractivity contribution >= 4 is 17.5 Å². The first-order valence-corrected chi connectivity index (χ1v) is 11.8. The number of piperazine rings is 1. The number of ether oxygens (including phenoxy) is 1. The van der Waals surface area contributed by atoms with E-state index in [2.05, 4.69) is 84.3 Å². The average molecular weight is 454 g/mol. The van der Waals surface area contributed by atoms with E-state index in [1.54, 1.807) is 7.11 Å². The normalized spacial score (nSPS) is 14.9. The molecule has 0 aliphatic carbocycles. The predicted octanol–water partition coefficient (Wildman–Crippen LogP) is 4.86. The van der Waals surface area contributed by atoms with Gasteiger partial charge in [0.25, 0.3) is 0 Å². The molecule has 0 N–H and O–H groups in total. The van der Waals surface area contributed by atoms with Crippen LogP contribution in [-0.4, -0.2) is 59.3 Å². The second-order valence-corrected chi connectivity index (χ2v) is 8.79. The summed E-state index contributed by atoms with van der Waals surface area (Å²) in [6.45, 7) is 9.11. The van der Waals surface area contributed by atoms with Crippen molar-refractivity contribution in [1.29, 1.82) is 0 Å². The van der Waals surface area contributed by atoms with Crippen LogP contribution in [0.25, 0.3) is 23.0 Å². The molecule has 0 spiro atoms. The second kappa shape index (κ2) is 9.69. The summed E-state index contributed by atoms with van der Waals surface area (Å²) >= 11 is 0. The number of methoxy groups -OCH3 is 1. The van der Waals surface area contributed by atoms with E-state index >= 15 is 0 Å². The maximum Gasteiger partial charge on any atom is 0.161 e. The zero-order chi connectivity index (χ0) is 23.5. The summed E-state index contributed by atoms with van der Waals surface area (Å²) in [6, 6.07) is 20.7. The molecule has 0 unspecified atom stereocenters. The highest BCUT2D eigenvalue weighted by Gasteiger charge is 2.22. The molecule has 3 heterocycles. The molecule has 4 aromatic rings.